The molecule has 0 saturated heterocycles. The molecular formula is C16H15BrClN3O. The van der Waals surface area contributed by atoms with Crippen LogP contribution in [0.2, 0.25) is 5.02 Å². The number of carbonyl (C=O) groups is 1. The first kappa shape index (κ1) is 15.4. The van der Waals surface area contributed by atoms with Crippen LogP contribution in [0.3, 0.4) is 0 Å². The van der Waals surface area contributed by atoms with E-state index in [1.54, 1.807) is 12.4 Å². The average Bonchev–Trinajstić information content (AvgIpc) is 2.52. The molecule has 1 aliphatic heterocycles. The maximum atomic E-state index is 12.6. The van der Waals surface area contributed by atoms with E-state index in [4.69, 9.17) is 11.6 Å². The van der Waals surface area contributed by atoms with Gasteiger partial charge < -0.3 is 4.90 Å². The zero-order valence-corrected chi connectivity index (χ0v) is 14.3. The van der Waals surface area contributed by atoms with Crippen LogP contribution < -0.4 is 4.90 Å². The number of carbonyl (C=O) groups excluding carboxylic acids is 1. The van der Waals surface area contributed by atoms with E-state index in [2.05, 4.69) is 25.9 Å². The molecular weight excluding hydrogens is 366 g/mol. The Kier molecular flexibility index (Phi) is 4.74. The molecule has 3 rings (SSSR count). The standard InChI is InChI=1S/C16H15BrClN3O/c17-14-7-13(18)6-12-2-1-5-21(16(12)14)15(22)4-3-11-8-19-10-20-9-11/h6-10H,1-5H2. The molecule has 0 aliphatic carbocycles. The van der Waals surface area contributed by atoms with Gasteiger partial charge in [0.15, 0.2) is 0 Å². The molecule has 2 heterocycles. The van der Waals surface area contributed by atoms with Gasteiger partial charge in [0.1, 0.15) is 6.33 Å². The smallest absolute Gasteiger partial charge is 0.227 e. The number of aromatic nitrogens is 2. The highest BCUT2D eigenvalue weighted by molar-refractivity contribution is 9.10. The number of aryl methyl sites for hydroxylation is 2. The van der Waals surface area contributed by atoms with Crippen LogP contribution in [0.4, 0.5) is 5.69 Å². The average molecular weight is 381 g/mol. The topological polar surface area (TPSA) is 46.1 Å². The fraction of sp³-hybridized carbons (Fsp3) is 0.312. The Morgan fingerprint density at radius 1 is 1.32 bits per heavy atom. The molecule has 114 valence electrons. The minimum absolute atomic E-state index is 0.118. The van der Waals surface area contributed by atoms with E-state index in [1.165, 1.54) is 6.33 Å². The fourth-order valence-electron chi connectivity index (χ4n) is 2.75. The highest BCUT2D eigenvalue weighted by atomic mass is 79.9. The maximum Gasteiger partial charge on any atom is 0.227 e. The lowest BCUT2D eigenvalue weighted by molar-refractivity contribution is -0.118. The molecule has 0 saturated carbocycles. The molecule has 0 atom stereocenters. The minimum atomic E-state index is 0.118. The van der Waals surface area contributed by atoms with Gasteiger partial charge in [0.25, 0.3) is 0 Å². The second-order valence-corrected chi connectivity index (χ2v) is 6.58. The molecule has 1 aromatic carbocycles. The quantitative estimate of drug-likeness (QED) is 0.813. The Hall–Kier alpha value is -1.46. The Labute approximate surface area is 142 Å². The molecule has 0 radical (unpaired) electrons. The molecule has 1 aliphatic rings. The van der Waals surface area contributed by atoms with Crippen molar-refractivity contribution in [2.45, 2.75) is 25.7 Å². The number of anilines is 1. The van der Waals surface area contributed by atoms with Crippen molar-refractivity contribution in [3.63, 3.8) is 0 Å². The summed E-state index contributed by atoms with van der Waals surface area (Å²) in [6.45, 7) is 0.747. The van der Waals surface area contributed by atoms with Crippen molar-refractivity contribution < 1.29 is 4.79 Å². The summed E-state index contributed by atoms with van der Waals surface area (Å²) in [7, 11) is 0. The van der Waals surface area contributed by atoms with E-state index in [9.17, 15) is 4.79 Å². The molecule has 0 unspecified atom stereocenters. The van der Waals surface area contributed by atoms with Gasteiger partial charge in [0, 0.05) is 34.9 Å². The minimum Gasteiger partial charge on any atom is -0.311 e. The van der Waals surface area contributed by atoms with Crippen molar-refractivity contribution in [2.75, 3.05) is 11.4 Å². The van der Waals surface area contributed by atoms with Crippen molar-refractivity contribution in [3.05, 3.63) is 51.5 Å². The molecule has 1 amide bonds. The van der Waals surface area contributed by atoms with Crippen molar-refractivity contribution in [1.29, 1.82) is 0 Å². The van der Waals surface area contributed by atoms with E-state index in [1.807, 2.05) is 17.0 Å². The van der Waals surface area contributed by atoms with Gasteiger partial charge in [-0.2, -0.15) is 0 Å². The normalized spacial score (nSPS) is 13.8. The fourth-order valence-corrected chi connectivity index (χ4v) is 3.83. The highest BCUT2D eigenvalue weighted by Gasteiger charge is 2.25. The summed E-state index contributed by atoms with van der Waals surface area (Å²) in [6, 6.07) is 3.79. The Bertz CT molecular complexity index is 693. The first-order valence-electron chi connectivity index (χ1n) is 7.17. The molecule has 22 heavy (non-hydrogen) atoms. The number of nitrogens with zero attached hydrogens (tertiary/aromatic N) is 3. The number of benzene rings is 1. The monoisotopic (exact) mass is 379 g/mol. The number of hydrogen-bond acceptors (Lipinski definition) is 3. The molecule has 1 aromatic heterocycles. The summed E-state index contributed by atoms with van der Waals surface area (Å²) >= 11 is 9.64. The lowest BCUT2D eigenvalue weighted by Gasteiger charge is -2.31. The summed E-state index contributed by atoms with van der Waals surface area (Å²) in [6.07, 6.45) is 8.00. The van der Waals surface area contributed by atoms with Gasteiger partial charge in [-0.3, -0.25) is 4.79 Å². The molecule has 0 bridgehead atoms. The first-order valence-corrected chi connectivity index (χ1v) is 8.34. The summed E-state index contributed by atoms with van der Waals surface area (Å²) in [5.74, 6) is 0.118. The van der Waals surface area contributed by atoms with E-state index < -0.39 is 0 Å². The van der Waals surface area contributed by atoms with E-state index in [0.29, 0.717) is 17.9 Å². The molecule has 0 fully saturated rings. The third-order valence-electron chi connectivity index (χ3n) is 3.75. The second kappa shape index (κ2) is 6.75. The van der Waals surface area contributed by atoms with E-state index in [-0.39, 0.29) is 5.91 Å². The van der Waals surface area contributed by atoms with Gasteiger partial charge in [0.2, 0.25) is 5.91 Å². The van der Waals surface area contributed by atoms with Crippen LogP contribution >= 0.6 is 27.5 Å². The van der Waals surface area contributed by atoms with Crippen LogP contribution in [0, 0.1) is 0 Å². The van der Waals surface area contributed by atoms with Gasteiger partial charge in [-0.25, -0.2) is 9.97 Å². The zero-order valence-electron chi connectivity index (χ0n) is 11.9. The molecule has 0 N–H and O–H groups in total. The molecule has 0 spiro atoms. The largest absolute Gasteiger partial charge is 0.311 e. The summed E-state index contributed by atoms with van der Waals surface area (Å²) < 4.78 is 0.881. The van der Waals surface area contributed by atoms with Gasteiger partial charge in [-0.05, 0) is 58.5 Å². The second-order valence-electron chi connectivity index (χ2n) is 5.29. The maximum absolute atomic E-state index is 12.6. The number of fused-ring (bicyclic) bond motifs is 1. The van der Waals surface area contributed by atoms with Crippen LogP contribution in [0.15, 0.2) is 35.3 Å². The number of hydrogen-bond donors (Lipinski definition) is 0. The van der Waals surface area contributed by atoms with Gasteiger partial charge in [0.05, 0.1) is 5.69 Å². The predicted octanol–water partition coefficient (Wildman–Crippen LogP) is 3.80. The number of rotatable bonds is 3. The van der Waals surface area contributed by atoms with Crippen molar-refractivity contribution in [3.8, 4) is 0 Å². The third kappa shape index (κ3) is 3.31. The lowest BCUT2D eigenvalue weighted by atomic mass is 10.0. The van der Waals surface area contributed by atoms with Crippen LogP contribution in [0.1, 0.15) is 24.0 Å². The van der Waals surface area contributed by atoms with E-state index in [0.717, 1.165) is 40.7 Å². The van der Waals surface area contributed by atoms with Crippen molar-refractivity contribution in [2.24, 2.45) is 0 Å². The number of amides is 1. The first-order chi connectivity index (χ1) is 10.6. The van der Waals surface area contributed by atoms with Crippen molar-refractivity contribution >= 4 is 39.1 Å². The Morgan fingerprint density at radius 2 is 2.09 bits per heavy atom. The molecule has 2 aromatic rings. The van der Waals surface area contributed by atoms with Crippen LogP contribution in [0.5, 0.6) is 0 Å². The Balaban J connectivity index is 1.77. The molecule has 4 nitrogen and oxygen atoms in total. The zero-order chi connectivity index (χ0) is 15.5. The highest BCUT2D eigenvalue weighted by Crippen LogP contribution is 2.37. The SMILES string of the molecule is O=C(CCc1cncnc1)N1CCCc2cc(Cl)cc(Br)c21. The van der Waals surface area contributed by atoms with Crippen molar-refractivity contribution in [1.82, 2.24) is 9.97 Å². The predicted molar refractivity (Wildman–Crippen MR) is 90.2 cm³/mol. The van der Waals surface area contributed by atoms with Crippen LogP contribution in [0.25, 0.3) is 0 Å². The van der Waals surface area contributed by atoms with Crippen LogP contribution in [-0.4, -0.2) is 22.4 Å². The van der Waals surface area contributed by atoms with Gasteiger partial charge in [-0.1, -0.05) is 11.6 Å². The third-order valence-corrected chi connectivity index (χ3v) is 4.57. The van der Waals surface area contributed by atoms with Crippen LogP contribution in [-0.2, 0) is 17.6 Å². The van der Waals surface area contributed by atoms with Gasteiger partial charge >= 0.3 is 0 Å². The summed E-state index contributed by atoms with van der Waals surface area (Å²) in [4.78, 5) is 22.4. The Morgan fingerprint density at radius 3 is 2.86 bits per heavy atom. The summed E-state index contributed by atoms with van der Waals surface area (Å²) in [5.41, 5.74) is 3.07. The van der Waals surface area contributed by atoms with Gasteiger partial charge in [-0.15, -0.1) is 0 Å². The molecule has 6 heteroatoms. The number of halogens is 2. The van der Waals surface area contributed by atoms with E-state index >= 15 is 0 Å². The summed E-state index contributed by atoms with van der Waals surface area (Å²) in [5, 5.41) is 0.696. The lowest BCUT2D eigenvalue weighted by Crippen LogP contribution is -2.36.